The van der Waals surface area contributed by atoms with Crippen LogP contribution in [-0.2, 0) is 4.79 Å². The van der Waals surface area contributed by atoms with E-state index in [1.165, 1.54) is 12.3 Å². The lowest BCUT2D eigenvalue weighted by atomic mass is 10.1. The van der Waals surface area contributed by atoms with Gasteiger partial charge in [-0.15, -0.1) is 0 Å². The third kappa shape index (κ3) is 2.70. The Balaban J connectivity index is 2.21. The summed E-state index contributed by atoms with van der Waals surface area (Å²) in [7, 11) is 0. The number of nitrogens with zero attached hydrogens (tertiary/aromatic N) is 1. The first-order valence-electron chi connectivity index (χ1n) is 5.33. The molecule has 2 aromatic rings. The van der Waals surface area contributed by atoms with Crippen LogP contribution in [0.2, 0.25) is 0 Å². The second-order valence-corrected chi connectivity index (χ2v) is 3.47. The van der Waals surface area contributed by atoms with Gasteiger partial charge in [0.25, 0.3) is 5.91 Å². The molecule has 0 aliphatic heterocycles. The van der Waals surface area contributed by atoms with Crippen molar-refractivity contribution in [2.75, 3.05) is 5.32 Å². The number of rotatable bonds is 4. The Bertz CT molecular complexity index is 574. The Morgan fingerprint density at radius 1 is 1.33 bits per heavy atom. The number of amides is 1. The zero-order chi connectivity index (χ0) is 12.8. The van der Waals surface area contributed by atoms with Crippen molar-refractivity contribution in [3.8, 4) is 0 Å². The number of aldehydes is 1. The molecule has 18 heavy (non-hydrogen) atoms. The van der Waals surface area contributed by atoms with Gasteiger partial charge in [0.05, 0.1) is 0 Å². The summed E-state index contributed by atoms with van der Waals surface area (Å²) in [6.07, 6.45) is 6.77. The maximum atomic E-state index is 11.8. The van der Waals surface area contributed by atoms with Gasteiger partial charge in [-0.25, -0.2) is 4.98 Å². The molecule has 1 heterocycles. The zero-order valence-electron chi connectivity index (χ0n) is 9.46. The van der Waals surface area contributed by atoms with Crippen molar-refractivity contribution in [2.45, 2.75) is 0 Å². The number of anilines is 1. The number of hydrogen-bond donors (Lipinski definition) is 2. The normalized spacial score (nSPS) is 10.4. The van der Waals surface area contributed by atoms with E-state index in [0.717, 1.165) is 5.56 Å². The monoisotopic (exact) mass is 241 g/mol. The lowest BCUT2D eigenvalue weighted by molar-refractivity contribution is -0.104. The number of para-hydroxylation sites is 1. The highest BCUT2D eigenvalue weighted by molar-refractivity contribution is 6.02. The molecule has 5 heteroatoms. The highest BCUT2D eigenvalue weighted by atomic mass is 16.2. The van der Waals surface area contributed by atoms with Crippen LogP contribution in [0.5, 0.6) is 0 Å². The minimum Gasteiger partial charge on any atom is -0.341 e. The number of aromatic nitrogens is 2. The van der Waals surface area contributed by atoms with Gasteiger partial charge >= 0.3 is 0 Å². The number of carbonyl (C=O) groups excluding carboxylic acids is 2. The van der Waals surface area contributed by atoms with E-state index >= 15 is 0 Å². The van der Waals surface area contributed by atoms with Gasteiger partial charge in [0, 0.05) is 18.1 Å². The van der Waals surface area contributed by atoms with Gasteiger partial charge in [0.15, 0.2) is 5.82 Å². The molecule has 90 valence electrons. The van der Waals surface area contributed by atoms with Crippen LogP contribution >= 0.6 is 0 Å². The second kappa shape index (κ2) is 5.58. The van der Waals surface area contributed by atoms with Crippen molar-refractivity contribution in [3.05, 3.63) is 54.1 Å². The van der Waals surface area contributed by atoms with E-state index in [-0.39, 0.29) is 11.7 Å². The average Bonchev–Trinajstić information content (AvgIpc) is 2.91. The highest BCUT2D eigenvalue weighted by Gasteiger charge is 2.09. The molecule has 1 aromatic heterocycles. The predicted molar refractivity (Wildman–Crippen MR) is 68.1 cm³/mol. The molecule has 5 nitrogen and oxygen atoms in total. The van der Waals surface area contributed by atoms with Crippen LogP contribution < -0.4 is 5.32 Å². The minimum absolute atomic E-state index is 0.240. The Kier molecular flexibility index (Phi) is 3.66. The summed E-state index contributed by atoms with van der Waals surface area (Å²) in [5, 5.41) is 2.72. The molecule has 0 unspecified atom stereocenters. The Hall–Kier alpha value is -2.69. The number of aromatic amines is 1. The minimum atomic E-state index is -0.327. The fourth-order valence-electron chi connectivity index (χ4n) is 1.47. The molecular weight excluding hydrogens is 230 g/mol. The smallest absolute Gasteiger partial charge is 0.291 e. The Morgan fingerprint density at radius 3 is 2.89 bits per heavy atom. The molecule has 0 saturated carbocycles. The molecule has 1 amide bonds. The van der Waals surface area contributed by atoms with Crippen LogP contribution in [0.25, 0.3) is 6.08 Å². The van der Waals surface area contributed by atoms with Crippen LogP contribution in [-0.4, -0.2) is 22.2 Å². The highest BCUT2D eigenvalue weighted by Crippen LogP contribution is 2.16. The van der Waals surface area contributed by atoms with Gasteiger partial charge in [-0.3, -0.25) is 9.59 Å². The van der Waals surface area contributed by atoms with E-state index in [1.807, 2.05) is 6.07 Å². The first-order valence-corrected chi connectivity index (χ1v) is 5.33. The number of benzene rings is 1. The standard InChI is InChI=1S/C13H11N3O2/c17-9-3-5-10-4-1-2-6-11(10)16-13(18)12-14-7-8-15-12/h1-9H,(H,14,15)(H,16,18)/b5-3+. The quantitative estimate of drug-likeness (QED) is 0.634. The maximum Gasteiger partial charge on any atom is 0.291 e. The number of H-pyrrole nitrogens is 1. The summed E-state index contributed by atoms with van der Waals surface area (Å²) in [6.45, 7) is 0. The molecule has 2 N–H and O–H groups in total. The second-order valence-electron chi connectivity index (χ2n) is 3.47. The lowest BCUT2D eigenvalue weighted by Gasteiger charge is -2.06. The average molecular weight is 241 g/mol. The number of allylic oxidation sites excluding steroid dienone is 1. The number of hydrogen-bond acceptors (Lipinski definition) is 3. The molecule has 0 aliphatic carbocycles. The molecule has 0 saturated heterocycles. The Morgan fingerprint density at radius 2 is 2.17 bits per heavy atom. The fourth-order valence-corrected chi connectivity index (χ4v) is 1.47. The number of carbonyl (C=O) groups is 2. The molecule has 0 atom stereocenters. The van der Waals surface area contributed by atoms with Crippen molar-refractivity contribution in [1.82, 2.24) is 9.97 Å². The zero-order valence-corrected chi connectivity index (χ0v) is 9.46. The molecule has 2 rings (SSSR count). The van der Waals surface area contributed by atoms with Crippen molar-refractivity contribution in [3.63, 3.8) is 0 Å². The van der Waals surface area contributed by atoms with E-state index in [0.29, 0.717) is 12.0 Å². The molecular formula is C13H11N3O2. The molecule has 0 bridgehead atoms. The third-order valence-corrected chi connectivity index (χ3v) is 2.28. The topological polar surface area (TPSA) is 74.8 Å². The van der Waals surface area contributed by atoms with E-state index in [4.69, 9.17) is 0 Å². The van der Waals surface area contributed by atoms with Crippen molar-refractivity contribution in [2.24, 2.45) is 0 Å². The molecule has 0 spiro atoms. The summed E-state index contributed by atoms with van der Waals surface area (Å²) in [5.41, 5.74) is 1.38. The van der Waals surface area contributed by atoms with E-state index in [2.05, 4.69) is 15.3 Å². The van der Waals surface area contributed by atoms with Gasteiger partial charge in [-0.1, -0.05) is 18.2 Å². The van der Waals surface area contributed by atoms with Crippen molar-refractivity contribution < 1.29 is 9.59 Å². The lowest BCUT2D eigenvalue weighted by Crippen LogP contribution is -2.14. The van der Waals surface area contributed by atoms with Crippen LogP contribution in [0.4, 0.5) is 5.69 Å². The summed E-state index contributed by atoms with van der Waals surface area (Å²) in [4.78, 5) is 28.7. The van der Waals surface area contributed by atoms with Crippen molar-refractivity contribution in [1.29, 1.82) is 0 Å². The van der Waals surface area contributed by atoms with Crippen LogP contribution in [0.15, 0.2) is 42.7 Å². The third-order valence-electron chi connectivity index (χ3n) is 2.28. The van der Waals surface area contributed by atoms with Crippen LogP contribution in [0.1, 0.15) is 16.2 Å². The molecule has 1 aromatic carbocycles. The summed E-state index contributed by atoms with van der Waals surface area (Å²) in [5.74, 6) is -0.0869. The van der Waals surface area contributed by atoms with Crippen LogP contribution in [0.3, 0.4) is 0 Å². The van der Waals surface area contributed by atoms with Gasteiger partial charge in [-0.2, -0.15) is 0 Å². The number of imidazole rings is 1. The van der Waals surface area contributed by atoms with Gasteiger partial charge in [-0.05, 0) is 23.8 Å². The molecule has 0 radical (unpaired) electrons. The number of nitrogens with one attached hydrogen (secondary N) is 2. The van der Waals surface area contributed by atoms with Crippen molar-refractivity contribution >= 4 is 24.0 Å². The molecule has 0 aliphatic rings. The largest absolute Gasteiger partial charge is 0.341 e. The SMILES string of the molecule is O=C/C=C/c1ccccc1NC(=O)c1ncc[nH]1. The fraction of sp³-hybridized carbons (Fsp3) is 0. The van der Waals surface area contributed by atoms with Gasteiger partial charge < -0.3 is 10.3 Å². The molecule has 0 fully saturated rings. The predicted octanol–water partition coefficient (Wildman–Crippen LogP) is 1.87. The first-order chi connectivity index (χ1) is 8.81. The van der Waals surface area contributed by atoms with E-state index < -0.39 is 0 Å². The maximum absolute atomic E-state index is 11.8. The van der Waals surface area contributed by atoms with E-state index in [1.54, 1.807) is 30.5 Å². The van der Waals surface area contributed by atoms with Crippen LogP contribution in [0, 0.1) is 0 Å². The van der Waals surface area contributed by atoms with Gasteiger partial charge in [0.1, 0.15) is 6.29 Å². The van der Waals surface area contributed by atoms with Gasteiger partial charge in [0.2, 0.25) is 0 Å². The Labute approximate surface area is 104 Å². The van der Waals surface area contributed by atoms with E-state index in [9.17, 15) is 9.59 Å². The summed E-state index contributed by atoms with van der Waals surface area (Å²) >= 11 is 0. The summed E-state index contributed by atoms with van der Waals surface area (Å²) in [6, 6.07) is 7.19. The summed E-state index contributed by atoms with van der Waals surface area (Å²) < 4.78 is 0. The first kappa shape index (κ1) is 11.8.